The van der Waals surface area contributed by atoms with Gasteiger partial charge < -0.3 is 0 Å². The smallest absolute Gasteiger partial charge is 0.0101 e. The molecule has 0 heterocycles. The lowest BCUT2D eigenvalue weighted by Gasteiger charge is -2.27. The van der Waals surface area contributed by atoms with E-state index in [1.807, 2.05) is 0 Å². The lowest BCUT2D eigenvalue weighted by Crippen LogP contribution is -2.15. The van der Waals surface area contributed by atoms with Gasteiger partial charge in [0.15, 0.2) is 0 Å². The quantitative estimate of drug-likeness (QED) is 0.614. The van der Waals surface area contributed by atoms with Crippen molar-refractivity contribution in [3.63, 3.8) is 0 Å². The number of hydrogen-bond acceptors (Lipinski definition) is 0. The summed E-state index contributed by atoms with van der Waals surface area (Å²) in [5.74, 6) is 0.755. The van der Waals surface area contributed by atoms with E-state index in [1.165, 1.54) is 23.1 Å². The van der Waals surface area contributed by atoms with Crippen LogP contribution in [0.2, 0.25) is 0 Å². The van der Waals surface area contributed by atoms with Gasteiger partial charge in [0, 0.05) is 0 Å². The summed E-state index contributed by atoms with van der Waals surface area (Å²) in [6.45, 7) is 13.6. The Morgan fingerprint density at radius 1 is 1.20 bits per heavy atom. The van der Waals surface area contributed by atoms with Crippen LogP contribution in [0.4, 0.5) is 0 Å². The molecule has 0 fully saturated rings. The minimum absolute atomic E-state index is 0.307. The molecule has 0 spiro atoms. The van der Waals surface area contributed by atoms with Crippen LogP contribution in [0.15, 0.2) is 34.9 Å². The molecule has 0 heteroatoms. The average molecular weight is 204 g/mol. The summed E-state index contributed by atoms with van der Waals surface area (Å²) in [5, 5.41) is 0. The van der Waals surface area contributed by atoms with Gasteiger partial charge in [0.2, 0.25) is 0 Å². The fourth-order valence-corrected chi connectivity index (χ4v) is 2.31. The lowest BCUT2D eigenvalue weighted by molar-refractivity contribution is 0.352. The van der Waals surface area contributed by atoms with E-state index < -0.39 is 0 Å². The number of allylic oxidation sites excluding steroid dienone is 6. The minimum atomic E-state index is 0.307. The van der Waals surface area contributed by atoms with Crippen molar-refractivity contribution in [3.8, 4) is 0 Å². The average Bonchev–Trinajstić information content (AvgIpc) is 2.48. The van der Waals surface area contributed by atoms with Gasteiger partial charge in [-0.3, -0.25) is 0 Å². The predicted octanol–water partition coefficient (Wildman–Crippen LogP) is 4.89. The summed E-state index contributed by atoms with van der Waals surface area (Å²) in [7, 11) is 0. The Hall–Kier alpha value is -0.780. The summed E-state index contributed by atoms with van der Waals surface area (Å²) in [6.07, 6.45) is 8.12. The van der Waals surface area contributed by atoms with E-state index in [-0.39, 0.29) is 0 Å². The summed E-state index contributed by atoms with van der Waals surface area (Å²) < 4.78 is 0. The van der Waals surface area contributed by atoms with Crippen LogP contribution in [-0.2, 0) is 0 Å². The third-order valence-corrected chi connectivity index (χ3v) is 3.03. The summed E-state index contributed by atoms with van der Waals surface area (Å²) in [4.78, 5) is 0. The molecule has 0 radical (unpaired) electrons. The van der Waals surface area contributed by atoms with E-state index in [1.54, 1.807) is 0 Å². The van der Waals surface area contributed by atoms with Crippen LogP contribution in [-0.4, -0.2) is 0 Å². The molecule has 0 unspecified atom stereocenters. The Morgan fingerprint density at radius 3 is 2.20 bits per heavy atom. The zero-order valence-corrected chi connectivity index (χ0v) is 11.0. The van der Waals surface area contributed by atoms with Crippen LogP contribution in [0.5, 0.6) is 0 Å². The van der Waals surface area contributed by atoms with Gasteiger partial charge in [-0.1, -0.05) is 51.5 Å². The van der Waals surface area contributed by atoms with Crippen LogP contribution in [0, 0.1) is 11.3 Å². The SMILES string of the molecule is CC(C)=C1C=CC(C(C)(C)CC(C)C)=C1. The summed E-state index contributed by atoms with van der Waals surface area (Å²) >= 11 is 0. The second kappa shape index (κ2) is 4.38. The molecule has 1 aliphatic carbocycles. The van der Waals surface area contributed by atoms with Crippen LogP contribution >= 0.6 is 0 Å². The third-order valence-electron chi connectivity index (χ3n) is 3.03. The Morgan fingerprint density at radius 2 is 1.80 bits per heavy atom. The lowest BCUT2D eigenvalue weighted by atomic mass is 9.78. The Labute approximate surface area is 94.8 Å². The van der Waals surface area contributed by atoms with E-state index >= 15 is 0 Å². The Balaban J connectivity index is 2.88. The van der Waals surface area contributed by atoms with Crippen LogP contribution in [0.3, 0.4) is 0 Å². The molecule has 0 atom stereocenters. The van der Waals surface area contributed by atoms with Crippen LogP contribution in [0.25, 0.3) is 0 Å². The molecule has 0 bridgehead atoms. The second-order valence-electron chi connectivity index (χ2n) is 5.87. The highest BCUT2D eigenvalue weighted by Gasteiger charge is 2.24. The standard InChI is InChI=1S/C15H24/c1-11(2)10-15(5,6)14-8-7-13(9-14)12(3)4/h7-9,11H,10H2,1-6H3. The topological polar surface area (TPSA) is 0 Å². The van der Waals surface area contributed by atoms with Gasteiger partial charge in [0.05, 0.1) is 0 Å². The number of hydrogen-bond donors (Lipinski definition) is 0. The molecule has 0 aromatic carbocycles. The first-order chi connectivity index (χ1) is 6.83. The molecule has 0 nitrogen and oxygen atoms in total. The fourth-order valence-electron chi connectivity index (χ4n) is 2.31. The van der Waals surface area contributed by atoms with Crippen LogP contribution in [0.1, 0.15) is 48.0 Å². The summed E-state index contributed by atoms with van der Waals surface area (Å²) in [5.41, 5.74) is 4.58. The van der Waals surface area contributed by atoms with Crippen molar-refractivity contribution in [2.45, 2.75) is 48.0 Å². The normalized spacial score (nSPS) is 16.2. The molecule has 1 rings (SSSR count). The number of rotatable bonds is 3. The zero-order valence-electron chi connectivity index (χ0n) is 11.0. The van der Waals surface area contributed by atoms with E-state index in [9.17, 15) is 0 Å². The fraction of sp³-hybridized carbons (Fsp3) is 0.600. The Kier molecular flexibility index (Phi) is 3.59. The maximum absolute atomic E-state index is 2.34. The molecule has 0 aromatic heterocycles. The first kappa shape index (κ1) is 12.3. The van der Waals surface area contributed by atoms with Gasteiger partial charge in [-0.25, -0.2) is 0 Å². The van der Waals surface area contributed by atoms with E-state index in [4.69, 9.17) is 0 Å². The van der Waals surface area contributed by atoms with Crippen molar-refractivity contribution in [1.29, 1.82) is 0 Å². The first-order valence-corrected chi connectivity index (χ1v) is 5.90. The molecular weight excluding hydrogens is 180 g/mol. The van der Waals surface area contributed by atoms with Crippen molar-refractivity contribution < 1.29 is 0 Å². The van der Waals surface area contributed by atoms with Crippen LogP contribution < -0.4 is 0 Å². The van der Waals surface area contributed by atoms with Crippen molar-refractivity contribution in [3.05, 3.63) is 34.9 Å². The molecule has 84 valence electrons. The van der Waals surface area contributed by atoms with Gasteiger partial charge in [0.25, 0.3) is 0 Å². The van der Waals surface area contributed by atoms with Gasteiger partial charge in [-0.05, 0) is 42.7 Å². The van der Waals surface area contributed by atoms with Crippen molar-refractivity contribution in [2.75, 3.05) is 0 Å². The monoisotopic (exact) mass is 204 g/mol. The van der Waals surface area contributed by atoms with Crippen molar-refractivity contribution in [2.24, 2.45) is 11.3 Å². The molecule has 0 amide bonds. The molecule has 0 N–H and O–H groups in total. The third kappa shape index (κ3) is 3.09. The highest BCUT2D eigenvalue weighted by molar-refractivity contribution is 5.49. The molecule has 0 saturated heterocycles. The van der Waals surface area contributed by atoms with E-state index in [0.29, 0.717) is 5.41 Å². The maximum atomic E-state index is 2.34. The first-order valence-electron chi connectivity index (χ1n) is 5.90. The van der Waals surface area contributed by atoms with E-state index in [0.717, 1.165) is 5.92 Å². The highest BCUT2D eigenvalue weighted by atomic mass is 14.3. The minimum Gasteiger partial charge on any atom is -0.0692 e. The molecule has 0 aromatic rings. The molecule has 1 aliphatic rings. The molecule has 0 aliphatic heterocycles. The van der Waals surface area contributed by atoms with E-state index in [2.05, 4.69) is 59.8 Å². The largest absolute Gasteiger partial charge is 0.0692 e. The van der Waals surface area contributed by atoms with Crippen molar-refractivity contribution >= 4 is 0 Å². The van der Waals surface area contributed by atoms with Gasteiger partial charge >= 0.3 is 0 Å². The van der Waals surface area contributed by atoms with Gasteiger partial charge in [0.1, 0.15) is 0 Å². The second-order valence-corrected chi connectivity index (χ2v) is 5.87. The van der Waals surface area contributed by atoms with Gasteiger partial charge in [-0.2, -0.15) is 0 Å². The molecular formula is C15H24. The maximum Gasteiger partial charge on any atom is -0.0101 e. The Bertz CT molecular complexity index is 318. The molecule has 0 saturated carbocycles. The summed E-state index contributed by atoms with van der Waals surface area (Å²) in [6, 6.07) is 0. The highest BCUT2D eigenvalue weighted by Crippen LogP contribution is 2.38. The predicted molar refractivity (Wildman–Crippen MR) is 68.8 cm³/mol. The molecule has 15 heavy (non-hydrogen) atoms. The van der Waals surface area contributed by atoms with Gasteiger partial charge in [-0.15, -0.1) is 0 Å². The van der Waals surface area contributed by atoms with Crippen molar-refractivity contribution in [1.82, 2.24) is 0 Å². The zero-order chi connectivity index (χ0) is 11.6.